The van der Waals surface area contributed by atoms with Crippen molar-refractivity contribution in [3.63, 3.8) is 0 Å². The molecular weight excluding hydrogens is 254 g/mol. The third kappa shape index (κ3) is 4.85. The lowest BCUT2D eigenvalue weighted by Gasteiger charge is -2.12. The molecule has 0 aromatic carbocycles. The number of aliphatic imine (C=N–C) groups is 1. The van der Waals surface area contributed by atoms with E-state index in [0.717, 1.165) is 18.5 Å². The predicted octanol–water partition coefficient (Wildman–Crippen LogP) is 0.909. The summed E-state index contributed by atoms with van der Waals surface area (Å²) < 4.78 is 6.96. The first-order valence-corrected chi connectivity index (χ1v) is 7.00. The van der Waals surface area contributed by atoms with Gasteiger partial charge in [0.2, 0.25) is 0 Å². The van der Waals surface area contributed by atoms with E-state index < -0.39 is 0 Å². The maximum atomic E-state index is 5.82. The summed E-state index contributed by atoms with van der Waals surface area (Å²) >= 11 is 0. The second-order valence-electron chi connectivity index (χ2n) is 5.14. The summed E-state index contributed by atoms with van der Waals surface area (Å²) in [5, 5.41) is 7.51. The van der Waals surface area contributed by atoms with Crippen LogP contribution in [0, 0.1) is 13.8 Å². The van der Waals surface area contributed by atoms with Crippen LogP contribution < -0.4 is 11.1 Å². The summed E-state index contributed by atoms with van der Waals surface area (Å²) in [6.07, 6.45) is 1.95. The first kappa shape index (κ1) is 16.5. The smallest absolute Gasteiger partial charge is 0.188 e. The van der Waals surface area contributed by atoms with Crippen molar-refractivity contribution in [2.75, 3.05) is 20.3 Å². The number of nitrogens with two attached hydrogens (primary N) is 1. The summed E-state index contributed by atoms with van der Waals surface area (Å²) in [7, 11) is 3.65. The Bertz CT molecular complexity index is 453. The Hall–Kier alpha value is -1.56. The van der Waals surface area contributed by atoms with Gasteiger partial charge in [0.15, 0.2) is 5.96 Å². The van der Waals surface area contributed by atoms with Crippen molar-refractivity contribution in [3.05, 3.63) is 17.0 Å². The Labute approximate surface area is 121 Å². The van der Waals surface area contributed by atoms with Crippen molar-refractivity contribution < 1.29 is 4.74 Å². The van der Waals surface area contributed by atoms with E-state index in [-0.39, 0.29) is 6.04 Å². The Kier molecular flexibility index (Phi) is 6.51. The SMILES string of the molecule is COCC(C)NC(N)=NCCCc1c(C)nn(C)c1C. The van der Waals surface area contributed by atoms with Crippen LogP contribution in [0.15, 0.2) is 4.99 Å². The van der Waals surface area contributed by atoms with Gasteiger partial charge in [-0.1, -0.05) is 0 Å². The van der Waals surface area contributed by atoms with Gasteiger partial charge in [-0.05, 0) is 39.2 Å². The zero-order valence-corrected chi connectivity index (χ0v) is 13.2. The summed E-state index contributed by atoms with van der Waals surface area (Å²) in [6, 6.07) is 0.173. The number of methoxy groups -OCH3 is 1. The second kappa shape index (κ2) is 7.89. The number of rotatable bonds is 7. The second-order valence-corrected chi connectivity index (χ2v) is 5.14. The zero-order valence-electron chi connectivity index (χ0n) is 13.2. The Morgan fingerprint density at radius 1 is 1.50 bits per heavy atom. The Morgan fingerprint density at radius 3 is 2.75 bits per heavy atom. The maximum Gasteiger partial charge on any atom is 0.188 e. The van der Waals surface area contributed by atoms with E-state index in [0.29, 0.717) is 19.1 Å². The van der Waals surface area contributed by atoms with Gasteiger partial charge in [0.1, 0.15) is 0 Å². The normalized spacial score (nSPS) is 13.6. The molecular formula is C14H27N5O. The van der Waals surface area contributed by atoms with Crippen molar-refractivity contribution in [1.82, 2.24) is 15.1 Å². The van der Waals surface area contributed by atoms with Gasteiger partial charge in [0.25, 0.3) is 0 Å². The number of guanidine groups is 1. The molecule has 0 aliphatic carbocycles. The first-order valence-electron chi connectivity index (χ1n) is 7.00. The van der Waals surface area contributed by atoms with Crippen molar-refractivity contribution in [2.45, 2.75) is 39.7 Å². The van der Waals surface area contributed by atoms with Crippen LogP contribution >= 0.6 is 0 Å². The van der Waals surface area contributed by atoms with Crippen LogP contribution in [-0.2, 0) is 18.2 Å². The van der Waals surface area contributed by atoms with Crippen LogP contribution in [0.4, 0.5) is 0 Å². The minimum atomic E-state index is 0.173. The molecule has 0 aliphatic heterocycles. The molecule has 0 spiro atoms. The molecule has 0 saturated carbocycles. The van der Waals surface area contributed by atoms with Gasteiger partial charge in [0.05, 0.1) is 12.3 Å². The number of nitrogens with one attached hydrogen (secondary N) is 1. The molecule has 1 atom stereocenters. The van der Waals surface area contributed by atoms with Crippen LogP contribution in [0.1, 0.15) is 30.3 Å². The lowest BCUT2D eigenvalue weighted by Crippen LogP contribution is -2.40. The minimum Gasteiger partial charge on any atom is -0.383 e. The molecule has 0 bridgehead atoms. The number of aryl methyl sites for hydroxylation is 2. The molecule has 6 heteroatoms. The molecule has 0 fully saturated rings. The summed E-state index contributed by atoms with van der Waals surface area (Å²) in [6.45, 7) is 7.49. The summed E-state index contributed by atoms with van der Waals surface area (Å²) in [5.41, 5.74) is 9.47. The van der Waals surface area contributed by atoms with Crippen molar-refractivity contribution in [2.24, 2.45) is 17.8 Å². The molecule has 0 amide bonds. The third-order valence-electron chi connectivity index (χ3n) is 3.34. The largest absolute Gasteiger partial charge is 0.383 e. The number of hydrogen-bond acceptors (Lipinski definition) is 3. The molecule has 1 aromatic heterocycles. The van der Waals surface area contributed by atoms with Gasteiger partial charge in [0, 0.05) is 32.4 Å². The highest BCUT2D eigenvalue weighted by atomic mass is 16.5. The van der Waals surface area contributed by atoms with Gasteiger partial charge < -0.3 is 15.8 Å². The van der Waals surface area contributed by atoms with Crippen LogP contribution in [0.25, 0.3) is 0 Å². The number of hydrogen-bond donors (Lipinski definition) is 2. The molecule has 1 aromatic rings. The molecule has 1 heterocycles. The molecule has 20 heavy (non-hydrogen) atoms. The summed E-state index contributed by atoms with van der Waals surface area (Å²) in [5.74, 6) is 0.481. The quantitative estimate of drug-likeness (QED) is 0.442. The molecule has 1 unspecified atom stereocenters. The van der Waals surface area contributed by atoms with Crippen LogP contribution in [-0.4, -0.2) is 42.0 Å². The number of nitrogens with zero attached hydrogens (tertiary/aromatic N) is 3. The highest BCUT2D eigenvalue weighted by molar-refractivity contribution is 5.78. The van der Waals surface area contributed by atoms with Crippen molar-refractivity contribution in [1.29, 1.82) is 0 Å². The number of ether oxygens (including phenoxy) is 1. The standard InChI is InChI=1S/C14H27N5O/c1-10(9-20-5)17-14(15)16-8-6-7-13-11(2)18-19(4)12(13)3/h10H,6-9H2,1-5H3,(H3,15,16,17). The van der Waals surface area contributed by atoms with E-state index in [2.05, 4.69) is 22.3 Å². The van der Waals surface area contributed by atoms with Crippen LogP contribution in [0.3, 0.4) is 0 Å². The molecule has 0 saturated heterocycles. The van der Waals surface area contributed by atoms with Gasteiger partial charge >= 0.3 is 0 Å². The van der Waals surface area contributed by atoms with E-state index >= 15 is 0 Å². The van der Waals surface area contributed by atoms with Crippen molar-refractivity contribution >= 4 is 5.96 Å². The lowest BCUT2D eigenvalue weighted by atomic mass is 10.1. The fraction of sp³-hybridized carbons (Fsp3) is 0.714. The van der Waals surface area contributed by atoms with E-state index in [4.69, 9.17) is 10.5 Å². The van der Waals surface area contributed by atoms with E-state index in [1.54, 1.807) is 7.11 Å². The van der Waals surface area contributed by atoms with Gasteiger partial charge in [-0.15, -0.1) is 0 Å². The molecule has 114 valence electrons. The van der Waals surface area contributed by atoms with E-state index in [1.807, 2.05) is 25.6 Å². The number of aromatic nitrogens is 2. The molecule has 6 nitrogen and oxygen atoms in total. The van der Waals surface area contributed by atoms with Crippen LogP contribution in [0.2, 0.25) is 0 Å². The third-order valence-corrected chi connectivity index (χ3v) is 3.34. The minimum absolute atomic E-state index is 0.173. The van der Waals surface area contributed by atoms with Gasteiger partial charge in [-0.2, -0.15) is 5.10 Å². The van der Waals surface area contributed by atoms with Crippen LogP contribution in [0.5, 0.6) is 0 Å². The fourth-order valence-corrected chi connectivity index (χ4v) is 2.22. The van der Waals surface area contributed by atoms with Crippen molar-refractivity contribution in [3.8, 4) is 0 Å². The average molecular weight is 281 g/mol. The first-order chi connectivity index (χ1) is 9.45. The predicted molar refractivity (Wildman–Crippen MR) is 82.0 cm³/mol. The highest BCUT2D eigenvalue weighted by Crippen LogP contribution is 2.13. The molecule has 0 radical (unpaired) electrons. The van der Waals surface area contributed by atoms with E-state index in [1.165, 1.54) is 11.3 Å². The highest BCUT2D eigenvalue weighted by Gasteiger charge is 2.08. The molecule has 1 rings (SSSR count). The lowest BCUT2D eigenvalue weighted by molar-refractivity contribution is 0.179. The topological polar surface area (TPSA) is 77.5 Å². The molecule has 0 aliphatic rings. The zero-order chi connectivity index (χ0) is 15.1. The van der Waals surface area contributed by atoms with E-state index in [9.17, 15) is 0 Å². The fourth-order valence-electron chi connectivity index (χ4n) is 2.22. The monoisotopic (exact) mass is 281 g/mol. The maximum absolute atomic E-state index is 5.82. The van der Waals surface area contributed by atoms with Gasteiger partial charge in [-0.3, -0.25) is 9.67 Å². The Morgan fingerprint density at radius 2 is 2.20 bits per heavy atom. The Balaban J connectivity index is 2.37. The molecule has 3 N–H and O–H groups in total. The summed E-state index contributed by atoms with van der Waals surface area (Å²) in [4.78, 5) is 4.33. The average Bonchev–Trinajstić information content (AvgIpc) is 2.60. The van der Waals surface area contributed by atoms with Gasteiger partial charge in [-0.25, -0.2) is 0 Å².